The van der Waals surface area contributed by atoms with Gasteiger partial charge < -0.3 is 19.3 Å². The molecule has 0 radical (unpaired) electrons. The molecule has 0 saturated carbocycles. The number of aliphatic hydroxyl groups is 1. The van der Waals surface area contributed by atoms with Gasteiger partial charge in [-0.05, 0) is 12.8 Å². The van der Waals surface area contributed by atoms with Crippen LogP contribution in [-0.2, 0) is 23.1 Å². The van der Waals surface area contributed by atoms with Crippen molar-refractivity contribution in [2.45, 2.75) is 31.7 Å². The van der Waals surface area contributed by atoms with Crippen LogP contribution >= 0.6 is 0 Å². The van der Waals surface area contributed by atoms with Crippen molar-refractivity contribution in [2.75, 3.05) is 46.0 Å². The summed E-state index contributed by atoms with van der Waals surface area (Å²) in [6.07, 6.45) is 2.19. The molecule has 134 valence electrons. The minimum absolute atomic E-state index is 0.0258. The Morgan fingerprint density at radius 1 is 1.29 bits per heavy atom. The van der Waals surface area contributed by atoms with E-state index >= 15 is 0 Å². The van der Waals surface area contributed by atoms with E-state index in [-0.39, 0.29) is 24.9 Å². The molecule has 1 aromatic heterocycles. The third-order valence-corrected chi connectivity index (χ3v) is 4.93. The van der Waals surface area contributed by atoms with Crippen LogP contribution in [0.15, 0.2) is 0 Å². The standard InChI is InChI=1S/C16H27N5O3/c1-19-14(12-20-6-9-24-10-7-20)17-18-16(19)13-3-2-5-21(11-13)15(23)4-8-22/h13,22H,2-12H2,1H3/t13-/m0/s1. The molecular formula is C16H27N5O3. The largest absolute Gasteiger partial charge is 0.396 e. The summed E-state index contributed by atoms with van der Waals surface area (Å²) in [7, 11) is 2.01. The molecule has 8 heteroatoms. The topological polar surface area (TPSA) is 83.7 Å². The van der Waals surface area contributed by atoms with E-state index in [0.29, 0.717) is 6.54 Å². The molecule has 0 aromatic carbocycles. The highest BCUT2D eigenvalue weighted by molar-refractivity contribution is 5.76. The predicted molar refractivity (Wildman–Crippen MR) is 87.4 cm³/mol. The van der Waals surface area contributed by atoms with Crippen molar-refractivity contribution in [3.63, 3.8) is 0 Å². The molecule has 1 N–H and O–H groups in total. The second-order valence-corrected chi connectivity index (χ2v) is 6.57. The van der Waals surface area contributed by atoms with Gasteiger partial charge in [0.05, 0.1) is 26.4 Å². The number of aliphatic hydroxyl groups excluding tert-OH is 1. The maximum absolute atomic E-state index is 12.0. The van der Waals surface area contributed by atoms with Crippen molar-refractivity contribution in [1.82, 2.24) is 24.6 Å². The minimum atomic E-state index is -0.0896. The molecule has 24 heavy (non-hydrogen) atoms. The lowest BCUT2D eigenvalue weighted by atomic mass is 9.97. The van der Waals surface area contributed by atoms with Crippen LogP contribution < -0.4 is 0 Å². The zero-order chi connectivity index (χ0) is 16.9. The van der Waals surface area contributed by atoms with Crippen LogP contribution in [0, 0.1) is 0 Å². The molecule has 1 aromatic rings. The third kappa shape index (κ3) is 3.93. The normalized spacial score (nSPS) is 22.8. The van der Waals surface area contributed by atoms with Gasteiger partial charge in [0.25, 0.3) is 0 Å². The van der Waals surface area contributed by atoms with Gasteiger partial charge in [-0.15, -0.1) is 10.2 Å². The van der Waals surface area contributed by atoms with Gasteiger partial charge in [-0.2, -0.15) is 0 Å². The van der Waals surface area contributed by atoms with Crippen molar-refractivity contribution in [3.8, 4) is 0 Å². The number of likely N-dealkylation sites (tertiary alicyclic amines) is 1. The molecule has 0 bridgehead atoms. The van der Waals surface area contributed by atoms with Gasteiger partial charge in [-0.1, -0.05) is 0 Å². The first-order valence-corrected chi connectivity index (χ1v) is 8.76. The summed E-state index contributed by atoms with van der Waals surface area (Å²) in [6.45, 7) is 5.53. The van der Waals surface area contributed by atoms with Crippen molar-refractivity contribution < 1.29 is 14.6 Å². The molecule has 1 atom stereocenters. The number of hydrogen-bond donors (Lipinski definition) is 1. The Balaban J connectivity index is 1.64. The molecule has 0 spiro atoms. The summed E-state index contributed by atoms with van der Waals surface area (Å²) in [5, 5.41) is 17.8. The number of carbonyl (C=O) groups excluding carboxylic acids is 1. The zero-order valence-electron chi connectivity index (χ0n) is 14.4. The lowest BCUT2D eigenvalue weighted by Gasteiger charge is -2.32. The number of ether oxygens (including phenoxy) is 1. The predicted octanol–water partition coefficient (Wildman–Crippen LogP) is -0.264. The van der Waals surface area contributed by atoms with Crippen LogP contribution in [0.1, 0.15) is 36.8 Å². The molecule has 2 saturated heterocycles. The highest BCUT2D eigenvalue weighted by Gasteiger charge is 2.28. The van der Waals surface area contributed by atoms with E-state index in [1.807, 2.05) is 11.9 Å². The Morgan fingerprint density at radius 3 is 2.83 bits per heavy atom. The van der Waals surface area contributed by atoms with E-state index < -0.39 is 0 Å². The molecule has 3 rings (SSSR count). The Labute approximate surface area is 142 Å². The van der Waals surface area contributed by atoms with Gasteiger partial charge in [0.1, 0.15) is 11.6 Å². The Morgan fingerprint density at radius 2 is 2.08 bits per heavy atom. The number of hydrogen-bond acceptors (Lipinski definition) is 6. The summed E-state index contributed by atoms with van der Waals surface area (Å²) in [5.41, 5.74) is 0. The lowest BCUT2D eigenvalue weighted by Crippen LogP contribution is -2.40. The second kappa shape index (κ2) is 8.04. The van der Waals surface area contributed by atoms with E-state index in [1.165, 1.54) is 0 Å². The molecule has 0 aliphatic carbocycles. The van der Waals surface area contributed by atoms with Gasteiger partial charge >= 0.3 is 0 Å². The summed E-state index contributed by atoms with van der Waals surface area (Å²) >= 11 is 0. The van der Waals surface area contributed by atoms with E-state index in [4.69, 9.17) is 9.84 Å². The summed E-state index contributed by atoms with van der Waals surface area (Å²) in [4.78, 5) is 16.2. The molecule has 1 amide bonds. The summed E-state index contributed by atoms with van der Waals surface area (Å²) in [6, 6.07) is 0. The van der Waals surface area contributed by atoms with Gasteiger partial charge in [-0.25, -0.2) is 0 Å². The number of carbonyl (C=O) groups is 1. The van der Waals surface area contributed by atoms with Gasteiger partial charge in [-0.3, -0.25) is 9.69 Å². The maximum Gasteiger partial charge on any atom is 0.224 e. The SMILES string of the molecule is Cn1c(CN2CCOCC2)nnc1[C@H]1CCCN(C(=O)CCO)C1. The first kappa shape index (κ1) is 17.3. The number of morpholine rings is 1. The molecule has 0 unspecified atom stereocenters. The highest BCUT2D eigenvalue weighted by Crippen LogP contribution is 2.26. The van der Waals surface area contributed by atoms with Crippen LogP contribution in [0.25, 0.3) is 0 Å². The Kier molecular flexibility index (Phi) is 5.80. The molecule has 2 aliphatic rings. The average molecular weight is 337 g/mol. The first-order chi connectivity index (χ1) is 11.7. The van der Waals surface area contributed by atoms with Crippen LogP contribution in [-0.4, -0.2) is 81.6 Å². The van der Waals surface area contributed by atoms with Crippen LogP contribution in [0.2, 0.25) is 0 Å². The van der Waals surface area contributed by atoms with Crippen LogP contribution in [0.3, 0.4) is 0 Å². The van der Waals surface area contributed by atoms with Crippen molar-refractivity contribution >= 4 is 5.91 Å². The second-order valence-electron chi connectivity index (χ2n) is 6.57. The molecule has 2 aliphatic heterocycles. The third-order valence-electron chi connectivity index (χ3n) is 4.93. The summed E-state index contributed by atoms with van der Waals surface area (Å²) in [5.74, 6) is 2.17. The maximum atomic E-state index is 12.0. The van der Waals surface area contributed by atoms with Crippen molar-refractivity contribution in [2.24, 2.45) is 7.05 Å². The molecule has 8 nitrogen and oxygen atoms in total. The average Bonchev–Trinajstić information content (AvgIpc) is 2.97. The number of aromatic nitrogens is 3. The Hall–Kier alpha value is -1.51. The van der Waals surface area contributed by atoms with E-state index in [0.717, 1.165) is 63.9 Å². The Bertz CT molecular complexity index is 556. The smallest absolute Gasteiger partial charge is 0.224 e. The summed E-state index contributed by atoms with van der Waals surface area (Å²) < 4.78 is 7.47. The van der Waals surface area contributed by atoms with E-state index in [9.17, 15) is 4.79 Å². The minimum Gasteiger partial charge on any atom is -0.396 e. The van der Waals surface area contributed by atoms with Crippen LogP contribution in [0.4, 0.5) is 0 Å². The van der Waals surface area contributed by atoms with Gasteiger partial charge in [0.15, 0.2) is 0 Å². The highest BCUT2D eigenvalue weighted by atomic mass is 16.5. The fraction of sp³-hybridized carbons (Fsp3) is 0.812. The quantitative estimate of drug-likeness (QED) is 0.797. The van der Waals surface area contributed by atoms with Gasteiger partial charge in [0, 0.05) is 45.6 Å². The van der Waals surface area contributed by atoms with E-state index in [1.54, 1.807) is 0 Å². The lowest BCUT2D eigenvalue weighted by molar-refractivity contribution is -0.133. The number of nitrogens with zero attached hydrogens (tertiary/aromatic N) is 5. The number of rotatable bonds is 5. The van der Waals surface area contributed by atoms with Crippen LogP contribution in [0.5, 0.6) is 0 Å². The number of piperidine rings is 1. The van der Waals surface area contributed by atoms with Crippen molar-refractivity contribution in [1.29, 1.82) is 0 Å². The number of amides is 1. The van der Waals surface area contributed by atoms with Gasteiger partial charge in [0.2, 0.25) is 5.91 Å². The molecule has 2 fully saturated rings. The van der Waals surface area contributed by atoms with E-state index in [2.05, 4.69) is 19.7 Å². The first-order valence-electron chi connectivity index (χ1n) is 8.76. The fourth-order valence-electron chi connectivity index (χ4n) is 3.50. The fourth-order valence-corrected chi connectivity index (χ4v) is 3.50. The molecular weight excluding hydrogens is 310 g/mol. The monoisotopic (exact) mass is 337 g/mol. The van der Waals surface area contributed by atoms with Crippen molar-refractivity contribution in [3.05, 3.63) is 11.6 Å². The molecule has 3 heterocycles. The zero-order valence-corrected chi connectivity index (χ0v) is 14.4.